The van der Waals surface area contributed by atoms with Crippen molar-refractivity contribution in [3.05, 3.63) is 65.6 Å². The number of nitrogens with one attached hydrogen (secondary N) is 1. The maximum absolute atomic E-state index is 12.4. The zero-order chi connectivity index (χ0) is 17.1. The summed E-state index contributed by atoms with van der Waals surface area (Å²) in [5.41, 5.74) is 2.87. The number of nitrogens with zero attached hydrogens (tertiary/aromatic N) is 2. The Morgan fingerprint density at radius 2 is 1.96 bits per heavy atom. The number of rotatable bonds is 3. The molecule has 2 aromatic heterocycles. The Morgan fingerprint density at radius 3 is 2.67 bits per heavy atom. The zero-order valence-corrected chi connectivity index (χ0v) is 13.2. The summed E-state index contributed by atoms with van der Waals surface area (Å²) in [6.07, 6.45) is 3.09. The van der Waals surface area contributed by atoms with Crippen molar-refractivity contribution in [1.29, 1.82) is 0 Å². The van der Waals surface area contributed by atoms with Crippen LogP contribution in [0.1, 0.15) is 26.4 Å². The van der Waals surface area contributed by atoms with E-state index in [2.05, 4.69) is 15.3 Å². The van der Waals surface area contributed by atoms with E-state index in [1.54, 1.807) is 42.6 Å². The molecule has 6 heteroatoms. The average Bonchev–Trinajstić information content (AvgIpc) is 2.61. The quantitative estimate of drug-likeness (QED) is 0.750. The smallest absolute Gasteiger partial charge is 0.337 e. The van der Waals surface area contributed by atoms with E-state index in [0.717, 1.165) is 5.69 Å². The minimum Gasteiger partial charge on any atom is -0.465 e. The summed E-state index contributed by atoms with van der Waals surface area (Å²) < 4.78 is 4.74. The predicted octanol–water partition coefficient (Wildman–Crippen LogP) is 2.98. The molecule has 0 aliphatic heterocycles. The highest BCUT2D eigenvalue weighted by molar-refractivity contribution is 6.09. The molecule has 0 saturated carbocycles. The van der Waals surface area contributed by atoms with Gasteiger partial charge in [0.15, 0.2) is 0 Å². The van der Waals surface area contributed by atoms with Crippen LogP contribution in [-0.4, -0.2) is 29.0 Å². The number of carbonyl (C=O) groups is 2. The molecule has 0 bridgehead atoms. The molecule has 0 fully saturated rings. The van der Waals surface area contributed by atoms with Crippen LogP contribution in [0, 0.1) is 6.92 Å². The molecule has 6 nitrogen and oxygen atoms in total. The number of benzene rings is 1. The van der Waals surface area contributed by atoms with Crippen molar-refractivity contribution < 1.29 is 14.3 Å². The van der Waals surface area contributed by atoms with E-state index >= 15 is 0 Å². The molecule has 1 N–H and O–H groups in total. The van der Waals surface area contributed by atoms with Gasteiger partial charge in [0, 0.05) is 23.5 Å². The van der Waals surface area contributed by atoms with E-state index in [4.69, 9.17) is 4.74 Å². The average molecular weight is 321 g/mol. The van der Waals surface area contributed by atoms with Crippen molar-refractivity contribution in [1.82, 2.24) is 9.97 Å². The number of anilines is 1. The lowest BCUT2D eigenvalue weighted by Crippen LogP contribution is -2.13. The Balaban J connectivity index is 2.05. The Hall–Kier alpha value is -3.28. The third-order valence-electron chi connectivity index (χ3n) is 3.53. The number of ether oxygens (including phenoxy) is 1. The molecule has 2 heterocycles. The highest BCUT2D eigenvalue weighted by Gasteiger charge is 2.13. The number of esters is 1. The minimum atomic E-state index is -0.443. The van der Waals surface area contributed by atoms with Crippen LogP contribution >= 0.6 is 0 Å². The molecule has 0 aliphatic carbocycles. The molecule has 3 rings (SSSR count). The topological polar surface area (TPSA) is 81.2 Å². The number of aryl methyl sites for hydroxylation is 1. The first-order valence-electron chi connectivity index (χ1n) is 7.29. The van der Waals surface area contributed by atoms with E-state index < -0.39 is 5.97 Å². The largest absolute Gasteiger partial charge is 0.465 e. The number of aromatic nitrogens is 2. The fraction of sp³-hybridized carbons (Fsp3) is 0.111. The molecule has 3 aromatic rings. The maximum atomic E-state index is 12.4. The Kier molecular flexibility index (Phi) is 4.20. The summed E-state index contributed by atoms with van der Waals surface area (Å²) in [4.78, 5) is 32.5. The van der Waals surface area contributed by atoms with Gasteiger partial charge in [0.05, 0.1) is 29.4 Å². The minimum absolute atomic E-state index is 0.279. The fourth-order valence-corrected chi connectivity index (χ4v) is 2.40. The lowest BCUT2D eigenvalue weighted by Gasteiger charge is -2.11. The van der Waals surface area contributed by atoms with Gasteiger partial charge in [-0.25, -0.2) is 4.79 Å². The standard InChI is InChI=1S/C18H15N3O3/c1-11-8-16(21-17(22)13-4-3-7-19-10-13)14-9-12(18(23)24-2)5-6-15(14)20-11/h3-10H,1-2H3,(H,20,21,22). The fourth-order valence-electron chi connectivity index (χ4n) is 2.40. The highest BCUT2D eigenvalue weighted by Crippen LogP contribution is 2.25. The summed E-state index contributed by atoms with van der Waals surface area (Å²) in [6, 6.07) is 10.2. The normalized spacial score (nSPS) is 10.4. The molecule has 1 aromatic carbocycles. The van der Waals surface area contributed by atoms with Crippen molar-refractivity contribution in [2.75, 3.05) is 12.4 Å². The Bertz CT molecular complexity index is 923. The van der Waals surface area contributed by atoms with Gasteiger partial charge in [0.1, 0.15) is 0 Å². The number of amides is 1. The molecule has 0 atom stereocenters. The summed E-state index contributed by atoms with van der Waals surface area (Å²) in [5, 5.41) is 3.52. The molecular weight excluding hydrogens is 306 g/mol. The van der Waals surface area contributed by atoms with Crippen molar-refractivity contribution in [2.24, 2.45) is 0 Å². The number of hydrogen-bond donors (Lipinski definition) is 1. The number of carbonyl (C=O) groups excluding carboxylic acids is 2. The van der Waals surface area contributed by atoms with Gasteiger partial charge >= 0.3 is 5.97 Å². The van der Waals surface area contributed by atoms with Gasteiger partial charge in [-0.3, -0.25) is 14.8 Å². The predicted molar refractivity (Wildman–Crippen MR) is 90.0 cm³/mol. The van der Waals surface area contributed by atoms with E-state index in [1.807, 2.05) is 6.92 Å². The second-order valence-corrected chi connectivity index (χ2v) is 5.23. The third kappa shape index (κ3) is 3.08. The van der Waals surface area contributed by atoms with Gasteiger partial charge in [-0.2, -0.15) is 0 Å². The lowest BCUT2D eigenvalue weighted by atomic mass is 10.1. The summed E-state index contributed by atoms with van der Waals surface area (Å²) in [6.45, 7) is 1.84. The van der Waals surface area contributed by atoms with Crippen LogP contribution < -0.4 is 5.32 Å². The van der Waals surface area contributed by atoms with Gasteiger partial charge in [0.25, 0.3) is 5.91 Å². The first kappa shape index (κ1) is 15.6. The van der Waals surface area contributed by atoms with Crippen LogP contribution in [0.5, 0.6) is 0 Å². The molecule has 120 valence electrons. The van der Waals surface area contributed by atoms with Crippen LogP contribution in [0.25, 0.3) is 10.9 Å². The lowest BCUT2D eigenvalue weighted by molar-refractivity contribution is 0.0601. The first-order valence-corrected chi connectivity index (χ1v) is 7.29. The van der Waals surface area contributed by atoms with Gasteiger partial charge in [0.2, 0.25) is 0 Å². The Labute approximate surface area is 138 Å². The number of hydrogen-bond acceptors (Lipinski definition) is 5. The van der Waals surface area contributed by atoms with Gasteiger partial charge < -0.3 is 10.1 Å². The van der Waals surface area contributed by atoms with Crippen LogP contribution in [0.15, 0.2) is 48.8 Å². The number of pyridine rings is 2. The van der Waals surface area contributed by atoms with Gasteiger partial charge in [-0.15, -0.1) is 0 Å². The van der Waals surface area contributed by atoms with Crippen LogP contribution in [-0.2, 0) is 4.74 Å². The number of methoxy groups -OCH3 is 1. The van der Waals surface area contributed by atoms with Crippen LogP contribution in [0.3, 0.4) is 0 Å². The summed E-state index contributed by atoms with van der Waals surface area (Å²) in [5.74, 6) is -0.722. The van der Waals surface area contributed by atoms with E-state index in [1.165, 1.54) is 13.3 Å². The molecule has 1 amide bonds. The number of fused-ring (bicyclic) bond motifs is 1. The molecule has 0 aliphatic rings. The first-order chi connectivity index (χ1) is 11.6. The van der Waals surface area contributed by atoms with E-state index in [-0.39, 0.29) is 5.91 Å². The second kappa shape index (κ2) is 6.45. The van der Waals surface area contributed by atoms with Crippen molar-refractivity contribution >= 4 is 28.5 Å². The van der Waals surface area contributed by atoms with E-state index in [0.29, 0.717) is 27.7 Å². The van der Waals surface area contributed by atoms with Crippen molar-refractivity contribution in [2.45, 2.75) is 6.92 Å². The van der Waals surface area contributed by atoms with Gasteiger partial charge in [-0.1, -0.05) is 0 Å². The highest BCUT2D eigenvalue weighted by atomic mass is 16.5. The third-order valence-corrected chi connectivity index (χ3v) is 3.53. The van der Waals surface area contributed by atoms with E-state index in [9.17, 15) is 9.59 Å². The maximum Gasteiger partial charge on any atom is 0.337 e. The molecular formula is C18H15N3O3. The van der Waals surface area contributed by atoms with Crippen molar-refractivity contribution in [3.8, 4) is 0 Å². The monoisotopic (exact) mass is 321 g/mol. The van der Waals surface area contributed by atoms with Crippen LogP contribution in [0.4, 0.5) is 5.69 Å². The molecule has 24 heavy (non-hydrogen) atoms. The molecule has 0 unspecified atom stereocenters. The van der Waals surface area contributed by atoms with Crippen LogP contribution in [0.2, 0.25) is 0 Å². The SMILES string of the molecule is COC(=O)c1ccc2nc(C)cc(NC(=O)c3cccnc3)c2c1. The summed E-state index contributed by atoms with van der Waals surface area (Å²) >= 11 is 0. The molecule has 0 spiro atoms. The Morgan fingerprint density at radius 1 is 1.12 bits per heavy atom. The molecule has 0 saturated heterocycles. The second-order valence-electron chi connectivity index (χ2n) is 5.23. The van der Waals surface area contributed by atoms with Crippen molar-refractivity contribution in [3.63, 3.8) is 0 Å². The van der Waals surface area contributed by atoms with Gasteiger partial charge in [-0.05, 0) is 43.3 Å². The zero-order valence-electron chi connectivity index (χ0n) is 13.2. The summed E-state index contributed by atoms with van der Waals surface area (Å²) in [7, 11) is 1.32. The molecule has 0 radical (unpaired) electrons.